The zero-order valence-electron chi connectivity index (χ0n) is 16.6. The van der Waals surface area contributed by atoms with Crippen molar-refractivity contribution >= 4 is 5.91 Å². The molecule has 0 fully saturated rings. The Morgan fingerprint density at radius 2 is 1.69 bits per heavy atom. The monoisotopic (exact) mass is 355 g/mol. The molecule has 2 rings (SSSR count). The summed E-state index contributed by atoms with van der Waals surface area (Å²) in [7, 11) is 3.41. The molecule has 0 saturated heterocycles. The minimum absolute atomic E-state index is 0.0223. The molecular formula is C22H29NO3. The Morgan fingerprint density at radius 3 is 2.27 bits per heavy atom. The minimum atomic E-state index is -0.0493. The van der Waals surface area contributed by atoms with Crippen LogP contribution in [0.3, 0.4) is 0 Å². The standard InChI is InChI=1S/C22H29NO3/c1-15(2)14-26-20-12-11-19(13-21(20)25-6)22(24)23(5)17(4)18-9-7-16(3)8-10-18/h7-13,15,17H,14H2,1-6H3. The summed E-state index contributed by atoms with van der Waals surface area (Å²) < 4.78 is 11.2. The summed E-state index contributed by atoms with van der Waals surface area (Å²) in [5.74, 6) is 1.61. The van der Waals surface area contributed by atoms with Gasteiger partial charge in [-0.3, -0.25) is 4.79 Å². The van der Waals surface area contributed by atoms with Gasteiger partial charge in [-0.05, 0) is 43.5 Å². The van der Waals surface area contributed by atoms with Gasteiger partial charge in [0.2, 0.25) is 0 Å². The maximum atomic E-state index is 12.9. The van der Waals surface area contributed by atoms with Crippen molar-refractivity contribution in [3.8, 4) is 11.5 Å². The van der Waals surface area contributed by atoms with E-state index in [2.05, 4.69) is 45.0 Å². The Balaban J connectivity index is 2.18. The quantitative estimate of drug-likeness (QED) is 0.711. The molecule has 0 spiro atoms. The van der Waals surface area contributed by atoms with E-state index in [1.165, 1.54) is 5.56 Å². The molecule has 0 saturated carbocycles. The normalized spacial score (nSPS) is 12.0. The predicted molar refractivity (Wildman–Crippen MR) is 105 cm³/mol. The number of hydrogen-bond donors (Lipinski definition) is 0. The molecule has 0 N–H and O–H groups in total. The lowest BCUT2D eigenvalue weighted by atomic mass is 10.0. The molecular weight excluding hydrogens is 326 g/mol. The summed E-state index contributed by atoms with van der Waals surface area (Å²) in [5, 5.41) is 0. The minimum Gasteiger partial charge on any atom is -0.493 e. The summed E-state index contributed by atoms with van der Waals surface area (Å²) in [6.07, 6.45) is 0. The average molecular weight is 355 g/mol. The van der Waals surface area contributed by atoms with Crippen LogP contribution in [0.4, 0.5) is 0 Å². The van der Waals surface area contributed by atoms with Crippen LogP contribution in [0.2, 0.25) is 0 Å². The third-order valence-corrected chi connectivity index (χ3v) is 4.44. The van der Waals surface area contributed by atoms with E-state index in [-0.39, 0.29) is 11.9 Å². The van der Waals surface area contributed by atoms with E-state index in [0.29, 0.717) is 29.6 Å². The average Bonchev–Trinajstić information content (AvgIpc) is 2.65. The molecule has 1 atom stereocenters. The first-order chi connectivity index (χ1) is 12.3. The van der Waals surface area contributed by atoms with Crippen molar-refractivity contribution < 1.29 is 14.3 Å². The molecule has 0 aromatic heterocycles. The summed E-state index contributed by atoms with van der Waals surface area (Å²) >= 11 is 0. The molecule has 140 valence electrons. The molecule has 2 aromatic rings. The lowest BCUT2D eigenvalue weighted by Crippen LogP contribution is -2.29. The number of methoxy groups -OCH3 is 1. The second-order valence-corrected chi connectivity index (χ2v) is 7.07. The van der Waals surface area contributed by atoms with Crippen molar-refractivity contribution in [1.82, 2.24) is 4.90 Å². The topological polar surface area (TPSA) is 38.8 Å². The Labute approximate surface area is 156 Å². The highest BCUT2D eigenvalue weighted by molar-refractivity contribution is 5.95. The summed E-state index contributed by atoms with van der Waals surface area (Å²) in [6.45, 7) is 8.87. The van der Waals surface area contributed by atoms with Crippen LogP contribution in [-0.4, -0.2) is 31.6 Å². The zero-order valence-corrected chi connectivity index (χ0v) is 16.6. The Bertz CT molecular complexity index is 738. The number of rotatable bonds is 7. The van der Waals surface area contributed by atoms with Gasteiger partial charge in [-0.15, -0.1) is 0 Å². The highest BCUT2D eigenvalue weighted by Gasteiger charge is 2.20. The second kappa shape index (κ2) is 8.75. The van der Waals surface area contributed by atoms with Crippen molar-refractivity contribution in [3.05, 3.63) is 59.2 Å². The van der Waals surface area contributed by atoms with Crippen molar-refractivity contribution in [2.45, 2.75) is 33.7 Å². The van der Waals surface area contributed by atoms with Crippen LogP contribution < -0.4 is 9.47 Å². The van der Waals surface area contributed by atoms with Gasteiger partial charge in [0.25, 0.3) is 5.91 Å². The van der Waals surface area contributed by atoms with Gasteiger partial charge in [0.05, 0.1) is 19.8 Å². The fourth-order valence-corrected chi connectivity index (χ4v) is 2.62. The van der Waals surface area contributed by atoms with Crippen molar-refractivity contribution in [2.24, 2.45) is 5.92 Å². The van der Waals surface area contributed by atoms with E-state index >= 15 is 0 Å². The molecule has 4 heteroatoms. The van der Waals surface area contributed by atoms with Crippen molar-refractivity contribution in [2.75, 3.05) is 20.8 Å². The fourth-order valence-electron chi connectivity index (χ4n) is 2.62. The van der Waals surface area contributed by atoms with Crippen molar-refractivity contribution in [1.29, 1.82) is 0 Å². The first kappa shape index (κ1) is 19.8. The highest BCUT2D eigenvalue weighted by Crippen LogP contribution is 2.30. The molecule has 4 nitrogen and oxygen atoms in total. The number of carbonyl (C=O) groups excluding carboxylic acids is 1. The third kappa shape index (κ3) is 4.78. The molecule has 0 bridgehead atoms. The molecule has 0 aliphatic heterocycles. The van der Waals surface area contributed by atoms with Gasteiger partial charge in [0.15, 0.2) is 11.5 Å². The van der Waals surface area contributed by atoms with E-state index < -0.39 is 0 Å². The Kier molecular flexibility index (Phi) is 6.67. The second-order valence-electron chi connectivity index (χ2n) is 7.07. The maximum Gasteiger partial charge on any atom is 0.254 e. The van der Waals surface area contributed by atoms with Gasteiger partial charge >= 0.3 is 0 Å². The van der Waals surface area contributed by atoms with Gasteiger partial charge < -0.3 is 14.4 Å². The van der Waals surface area contributed by atoms with Crippen LogP contribution in [0.5, 0.6) is 11.5 Å². The molecule has 0 aliphatic carbocycles. The number of hydrogen-bond acceptors (Lipinski definition) is 3. The van der Waals surface area contributed by atoms with E-state index in [4.69, 9.17) is 9.47 Å². The fraction of sp³-hybridized carbons (Fsp3) is 0.409. The SMILES string of the molecule is COc1cc(C(=O)N(C)C(C)c2ccc(C)cc2)ccc1OCC(C)C. The lowest BCUT2D eigenvalue weighted by molar-refractivity contribution is 0.0742. The first-order valence-electron chi connectivity index (χ1n) is 8.98. The van der Waals surface area contributed by atoms with Crippen LogP contribution in [0.25, 0.3) is 0 Å². The van der Waals surface area contributed by atoms with Crippen LogP contribution in [0, 0.1) is 12.8 Å². The molecule has 0 heterocycles. The molecule has 0 aliphatic rings. The molecule has 26 heavy (non-hydrogen) atoms. The van der Waals surface area contributed by atoms with Gasteiger partial charge in [0, 0.05) is 12.6 Å². The van der Waals surface area contributed by atoms with Crippen LogP contribution in [0.15, 0.2) is 42.5 Å². The summed E-state index contributed by atoms with van der Waals surface area (Å²) in [4.78, 5) is 14.6. The Morgan fingerprint density at radius 1 is 1.04 bits per heavy atom. The molecule has 1 amide bonds. The van der Waals surface area contributed by atoms with Crippen LogP contribution >= 0.6 is 0 Å². The first-order valence-corrected chi connectivity index (χ1v) is 8.98. The number of carbonyl (C=O) groups is 1. The Hall–Kier alpha value is -2.49. The molecule has 2 aromatic carbocycles. The maximum absolute atomic E-state index is 12.9. The van der Waals surface area contributed by atoms with E-state index in [1.54, 1.807) is 30.2 Å². The van der Waals surface area contributed by atoms with Gasteiger partial charge in [-0.1, -0.05) is 43.7 Å². The summed E-state index contributed by atoms with van der Waals surface area (Å²) in [6, 6.07) is 13.6. The van der Waals surface area contributed by atoms with Crippen molar-refractivity contribution in [3.63, 3.8) is 0 Å². The highest BCUT2D eigenvalue weighted by atomic mass is 16.5. The van der Waals surface area contributed by atoms with Crippen LogP contribution in [-0.2, 0) is 0 Å². The van der Waals surface area contributed by atoms with Gasteiger partial charge in [-0.25, -0.2) is 0 Å². The lowest BCUT2D eigenvalue weighted by Gasteiger charge is -2.26. The van der Waals surface area contributed by atoms with Gasteiger partial charge in [-0.2, -0.15) is 0 Å². The number of ether oxygens (including phenoxy) is 2. The molecule has 1 unspecified atom stereocenters. The van der Waals surface area contributed by atoms with E-state index in [1.807, 2.05) is 14.0 Å². The number of amides is 1. The summed E-state index contributed by atoms with van der Waals surface area (Å²) in [5.41, 5.74) is 2.90. The van der Waals surface area contributed by atoms with Gasteiger partial charge in [0.1, 0.15) is 0 Å². The third-order valence-electron chi connectivity index (χ3n) is 4.44. The molecule has 0 radical (unpaired) electrons. The van der Waals surface area contributed by atoms with E-state index in [9.17, 15) is 4.79 Å². The van der Waals surface area contributed by atoms with Crippen LogP contribution in [0.1, 0.15) is 48.3 Å². The number of nitrogens with zero attached hydrogens (tertiary/aromatic N) is 1. The number of benzene rings is 2. The number of aryl methyl sites for hydroxylation is 1. The van der Waals surface area contributed by atoms with E-state index in [0.717, 1.165) is 5.56 Å². The zero-order chi connectivity index (χ0) is 19.3. The predicted octanol–water partition coefficient (Wildman–Crippen LogP) is 4.87. The smallest absolute Gasteiger partial charge is 0.254 e. The largest absolute Gasteiger partial charge is 0.493 e.